The van der Waals surface area contributed by atoms with Crippen LogP contribution in [0, 0.1) is 5.92 Å². The summed E-state index contributed by atoms with van der Waals surface area (Å²) in [5.74, 6) is 1.81. The molecule has 3 saturated heterocycles. The number of nitrogens with zero attached hydrogens (tertiary/aromatic N) is 3. The van der Waals surface area contributed by atoms with E-state index in [4.69, 9.17) is 14.5 Å². The number of nitrogens with one attached hydrogen (secondary N) is 1. The van der Waals surface area contributed by atoms with Gasteiger partial charge in [-0.1, -0.05) is 31.2 Å². The summed E-state index contributed by atoms with van der Waals surface area (Å²) in [7, 11) is 0. The molecule has 1 N–H and O–H groups in total. The Kier molecular flexibility index (Phi) is 8.22. The van der Waals surface area contributed by atoms with Gasteiger partial charge < -0.3 is 19.7 Å². The molecule has 0 amide bonds. The maximum atomic E-state index is 6.01. The first-order valence-electron chi connectivity index (χ1n) is 12.3. The SMILES string of the molecule is CCNC(=NCc1ccc(CN2CCCC(C)C2)cc1)N1CCOC(C2CCCO2)C1. The van der Waals surface area contributed by atoms with E-state index >= 15 is 0 Å². The maximum Gasteiger partial charge on any atom is 0.194 e. The van der Waals surface area contributed by atoms with E-state index in [0.29, 0.717) is 6.54 Å². The predicted molar refractivity (Wildman–Crippen MR) is 125 cm³/mol. The number of ether oxygens (including phenoxy) is 2. The summed E-state index contributed by atoms with van der Waals surface area (Å²) in [6.45, 7) is 12.9. The van der Waals surface area contributed by atoms with Gasteiger partial charge in [0.25, 0.3) is 0 Å². The van der Waals surface area contributed by atoms with Gasteiger partial charge in [-0.25, -0.2) is 4.99 Å². The van der Waals surface area contributed by atoms with Crippen molar-refractivity contribution in [3.8, 4) is 0 Å². The normalized spacial score (nSPS) is 28.1. The fourth-order valence-corrected chi connectivity index (χ4v) is 5.02. The van der Waals surface area contributed by atoms with E-state index in [2.05, 4.69) is 53.2 Å². The smallest absolute Gasteiger partial charge is 0.194 e. The second-order valence-corrected chi connectivity index (χ2v) is 9.38. The maximum absolute atomic E-state index is 6.01. The van der Waals surface area contributed by atoms with E-state index in [-0.39, 0.29) is 12.2 Å². The predicted octanol–water partition coefficient (Wildman–Crippen LogP) is 3.26. The van der Waals surface area contributed by atoms with Crippen LogP contribution in [0.15, 0.2) is 29.3 Å². The zero-order valence-electron chi connectivity index (χ0n) is 19.4. The van der Waals surface area contributed by atoms with Crippen LogP contribution in [0.25, 0.3) is 0 Å². The number of hydrogen-bond donors (Lipinski definition) is 1. The molecule has 3 aliphatic heterocycles. The van der Waals surface area contributed by atoms with Crippen LogP contribution in [0.3, 0.4) is 0 Å². The van der Waals surface area contributed by atoms with Crippen molar-refractivity contribution < 1.29 is 9.47 Å². The second kappa shape index (κ2) is 11.3. The molecule has 0 radical (unpaired) electrons. The van der Waals surface area contributed by atoms with Gasteiger partial charge in [0.15, 0.2) is 5.96 Å². The lowest BCUT2D eigenvalue weighted by Crippen LogP contribution is -2.53. The minimum atomic E-state index is 0.150. The number of morpholine rings is 1. The molecule has 0 saturated carbocycles. The fraction of sp³-hybridized carbons (Fsp3) is 0.720. The van der Waals surface area contributed by atoms with Crippen molar-refractivity contribution >= 4 is 5.96 Å². The second-order valence-electron chi connectivity index (χ2n) is 9.38. The first kappa shape index (κ1) is 22.6. The lowest BCUT2D eigenvalue weighted by molar-refractivity contribution is -0.0817. The molecule has 1 aromatic carbocycles. The van der Waals surface area contributed by atoms with Crippen molar-refractivity contribution in [2.24, 2.45) is 10.9 Å². The van der Waals surface area contributed by atoms with Gasteiger partial charge >= 0.3 is 0 Å². The number of benzene rings is 1. The van der Waals surface area contributed by atoms with Crippen LogP contribution < -0.4 is 5.32 Å². The van der Waals surface area contributed by atoms with Crippen LogP contribution in [0.5, 0.6) is 0 Å². The molecule has 3 atom stereocenters. The molecule has 0 spiro atoms. The molecule has 3 heterocycles. The van der Waals surface area contributed by atoms with Crippen molar-refractivity contribution in [1.82, 2.24) is 15.1 Å². The molecule has 1 aromatic rings. The van der Waals surface area contributed by atoms with Crippen molar-refractivity contribution in [3.63, 3.8) is 0 Å². The van der Waals surface area contributed by atoms with Gasteiger partial charge in [0, 0.05) is 39.3 Å². The first-order chi connectivity index (χ1) is 15.2. The summed E-state index contributed by atoms with van der Waals surface area (Å²) in [5, 5.41) is 3.48. The molecule has 0 aliphatic carbocycles. The molecule has 0 aromatic heterocycles. The molecule has 6 heteroatoms. The molecule has 31 heavy (non-hydrogen) atoms. The highest BCUT2D eigenvalue weighted by atomic mass is 16.5. The van der Waals surface area contributed by atoms with Crippen LogP contribution >= 0.6 is 0 Å². The third-order valence-electron chi connectivity index (χ3n) is 6.69. The molecule has 172 valence electrons. The molecular weight excluding hydrogens is 388 g/mol. The minimum absolute atomic E-state index is 0.150. The highest BCUT2D eigenvalue weighted by molar-refractivity contribution is 5.80. The summed E-state index contributed by atoms with van der Waals surface area (Å²) in [6.07, 6.45) is 5.34. The quantitative estimate of drug-likeness (QED) is 0.557. The average molecular weight is 429 g/mol. The number of aliphatic imine (C=N–C) groups is 1. The third-order valence-corrected chi connectivity index (χ3v) is 6.69. The number of guanidine groups is 1. The Bertz CT molecular complexity index is 702. The Labute approximate surface area is 188 Å². The lowest BCUT2D eigenvalue weighted by Gasteiger charge is -2.37. The zero-order chi connectivity index (χ0) is 21.5. The lowest BCUT2D eigenvalue weighted by atomic mass is 9.99. The van der Waals surface area contributed by atoms with Crippen molar-refractivity contribution in [2.75, 3.05) is 45.9 Å². The van der Waals surface area contributed by atoms with Gasteiger partial charge in [0.2, 0.25) is 0 Å². The molecular formula is C25H40N4O2. The fourth-order valence-electron chi connectivity index (χ4n) is 5.02. The Balaban J connectivity index is 1.33. The van der Waals surface area contributed by atoms with E-state index in [1.54, 1.807) is 0 Å². The zero-order valence-corrected chi connectivity index (χ0v) is 19.4. The monoisotopic (exact) mass is 428 g/mol. The van der Waals surface area contributed by atoms with Gasteiger partial charge in [-0.3, -0.25) is 4.90 Å². The van der Waals surface area contributed by atoms with Gasteiger partial charge in [-0.2, -0.15) is 0 Å². The van der Waals surface area contributed by atoms with Gasteiger partial charge in [-0.05, 0) is 56.2 Å². The van der Waals surface area contributed by atoms with Crippen LogP contribution in [-0.4, -0.2) is 73.9 Å². The number of likely N-dealkylation sites (tertiary alicyclic amines) is 1. The van der Waals surface area contributed by atoms with E-state index in [9.17, 15) is 0 Å². The Hall–Kier alpha value is -1.63. The van der Waals surface area contributed by atoms with Gasteiger partial charge in [0.05, 0.1) is 19.3 Å². The third kappa shape index (κ3) is 6.43. The standard InChI is InChI=1S/C25H40N4O2/c1-3-26-25(29-13-15-31-24(19-29)23-7-5-14-30-23)27-16-21-8-10-22(11-9-21)18-28-12-4-6-20(2)17-28/h8-11,20,23-24H,3-7,12-19H2,1-2H3,(H,26,27). The van der Waals surface area contributed by atoms with Crippen molar-refractivity contribution in [1.29, 1.82) is 0 Å². The number of piperidine rings is 1. The first-order valence-corrected chi connectivity index (χ1v) is 12.3. The van der Waals surface area contributed by atoms with Gasteiger partial charge in [0.1, 0.15) is 6.10 Å². The molecule has 0 bridgehead atoms. The topological polar surface area (TPSA) is 49.3 Å². The summed E-state index contributed by atoms with van der Waals surface area (Å²) in [5.41, 5.74) is 2.66. The number of rotatable bonds is 6. The van der Waals surface area contributed by atoms with Crippen LogP contribution in [0.4, 0.5) is 0 Å². The van der Waals surface area contributed by atoms with Gasteiger partial charge in [-0.15, -0.1) is 0 Å². The molecule has 6 nitrogen and oxygen atoms in total. The average Bonchev–Trinajstić information content (AvgIpc) is 3.33. The van der Waals surface area contributed by atoms with E-state index < -0.39 is 0 Å². The van der Waals surface area contributed by atoms with Crippen molar-refractivity contribution in [2.45, 2.75) is 64.8 Å². The summed E-state index contributed by atoms with van der Waals surface area (Å²) >= 11 is 0. The van der Waals surface area contributed by atoms with E-state index in [1.807, 2.05) is 0 Å². The number of hydrogen-bond acceptors (Lipinski definition) is 4. The Morgan fingerprint density at radius 2 is 1.81 bits per heavy atom. The van der Waals surface area contributed by atoms with E-state index in [0.717, 1.165) is 64.1 Å². The summed E-state index contributed by atoms with van der Waals surface area (Å²) in [4.78, 5) is 9.88. The van der Waals surface area contributed by atoms with Crippen LogP contribution in [0.1, 0.15) is 50.7 Å². The largest absolute Gasteiger partial charge is 0.375 e. The highest BCUT2D eigenvalue weighted by Gasteiger charge is 2.32. The van der Waals surface area contributed by atoms with Crippen LogP contribution in [-0.2, 0) is 22.6 Å². The van der Waals surface area contributed by atoms with Crippen molar-refractivity contribution in [3.05, 3.63) is 35.4 Å². The molecule has 3 fully saturated rings. The molecule has 3 aliphatic rings. The van der Waals surface area contributed by atoms with E-state index in [1.165, 1.54) is 37.1 Å². The molecule has 3 unspecified atom stereocenters. The molecule has 4 rings (SSSR count). The highest BCUT2D eigenvalue weighted by Crippen LogP contribution is 2.21. The Morgan fingerprint density at radius 3 is 2.55 bits per heavy atom. The summed E-state index contributed by atoms with van der Waals surface area (Å²) in [6, 6.07) is 9.03. The minimum Gasteiger partial charge on any atom is -0.375 e. The van der Waals surface area contributed by atoms with Crippen LogP contribution in [0.2, 0.25) is 0 Å². The summed E-state index contributed by atoms with van der Waals surface area (Å²) < 4.78 is 11.9. The Morgan fingerprint density at radius 1 is 1.00 bits per heavy atom.